The summed E-state index contributed by atoms with van der Waals surface area (Å²) < 4.78 is 3.33. The van der Waals surface area contributed by atoms with E-state index in [0.717, 1.165) is 30.6 Å². The van der Waals surface area contributed by atoms with Gasteiger partial charge < -0.3 is 9.88 Å². The molecule has 1 amide bonds. The maximum absolute atomic E-state index is 12.9. The zero-order valence-corrected chi connectivity index (χ0v) is 14.5. The van der Waals surface area contributed by atoms with Crippen LogP contribution in [0.15, 0.2) is 47.8 Å². The van der Waals surface area contributed by atoms with Gasteiger partial charge in [-0.05, 0) is 35.9 Å². The number of amides is 1. The molecular formula is C20H22N2OS. The summed E-state index contributed by atoms with van der Waals surface area (Å²) in [5, 5.41) is 5.35. The molecular weight excluding hydrogens is 316 g/mol. The van der Waals surface area contributed by atoms with Crippen molar-refractivity contribution in [3.63, 3.8) is 0 Å². The minimum absolute atomic E-state index is 0.0706. The van der Waals surface area contributed by atoms with Crippen molar-refractivity contribution in [2.45, 2.75) is 44.7 Å². The number of carbonyl (C=O) groups excluding carboxylic acids is 1. The number of nitrogens with zero attached hydrogens (tertiary/aromatic N) is 1. The van der Waals surface area contributed by atoms with Crippen LogP contribution in [0.25, 0.3) is 10.2 Å². The topological polar surface area (TPSA) is 34.0 Å². The highest BCUT2D eigenvalue weighted by Gasteiger charge is 2.21. The monoisotopic (exact) mass is 338 g/mol. The fourth-order valence-corrected chi connectivity index (χ4v) is 4.43. The Morgan fingerprint density at radius 2 is 1.92 bits per heavy atom. The molecule has 0 radical (unpaired) electrons. The maximum atomic E-state index is 12.9. The first-order chi connectivity index (χ1) is 11.8. The molecule has 2 heterocycles. The summed E-state index contributed by atoms with van der Waals surface area (Å²) in [6.07, 6.45) is 5.97. The van der Waals surface area contributed by atoms with E-state index in [2.05, 4.69) is 33.5 Å². The molecule has 0 spiro atoms. The third kappa shape index (κ3) is 3.11. The van der Waals surface area contributed by atoms with Gasteiger partial charge in [0.2, 0.25) is 0 Å². The first kappa shape index (κ1) is 15.5. The fraction of sp³-hybridized carbons (Fsp3) is 0.350. The Bertz CT molecular complexity index is 828. The summed E-state index contributed by atoms with van der Waals surface area (Å²) in [6, 6.07) is 14.8. The number of thiophene rings is 1. The van der Waals surface area contributed by atoms with E-state index in [4.69, 9.17) is 0 Å². The largest absolute Gasteiger partial charge is 0.348 e. The standard InChI is InChI=1S/C20H22N2OS/c23-20(21-16-9-5-2-6-10-16)18-13-19-17(11-12-24-19)22(18)14-15-7-3-1-4-8-15/h1,3-4,7-8,11-13,16H,2,5-6,9-10,14H2,(H,21,23). The van der Waals surface area contributed by atoms with Gasteiger partial charge in [-0.3, -0.25) is 4.79 Å². The second-order valence-electron chi connectivity index (χ2n) is 6.58. The predicted octanol–water partition coefficient (Wildman–Crippen LogP) is 4.81. The van der Waals surface area contributed by atoms with Gasteiger partial charge in [-0.2, -0.15) is 0 Å². The van der Waals surface area contributed by atoms with Crippen LogP contribution in [0.3, 0.4) is 0 Å². The van der Waals surface area contributed by atoms with Crippen molar-refractivity contribution in [2.24, 2.45) is 0 Å². The molecule has 124 valence electrons. The van der Waals surface area contributed by atoms with Gasteiger partial charge in [0.25, 0.3) is 5.91 Å². The van der Waals surface area contributed by atoms with Crippen LogP contribution in [0.2, 0.25) is 0 Å². The second kappa shape index (κ2) is 6.81. The zero-order chi connectivity index (χ0) is 16.4. The van der Waals surface area contributed by atoms with Crippen LogP contribution in [0, 0.1) is 0 Å². The molecule has 2 aromatic heterocycles. The Morgan fingerprint density at radius 3 is 2.71 bits per heavy atom. The van der Waals surface area contributed by atoms with E-state index in [9.17, 15) is 4.79 Å². The highest BCUT2D eigenvalue weighted by Crippen LogP contribution is 2.27. The third-order valence-corrected chi connectivity index (χ3v) is 5.73. The maximum Gasteiger partial charge on any atom is 0.268 e. The van der Waals surface area contributed by atoms with E-state index in [0.29, 0.717) is 6.04 Å². The lowest BCUT2D eigenvalue weighted by atomic mass is 9.95. The SMILES string of the molecule is O=C(NC1CCCCC1)c1cc2sccc2n1Cc1ccccc1. The van der Waals surface area contributed by atoms with Crippen molar-refractivity contribution in [1.82, 2.24) is 9.88 Å². The summed E-state index contributed by atoms with van der Waals surface area (Å²) in [5.41, 5.74) is 3.15. The fourth-order valence-electron chi connectivity index (χ4n) is 3.61. The van der Waals surface area contributed by atoms with Gasteiger partial charge in [0.15, 0.2) is 0 Å². The second-order valence-corrected chi connectivity index (χ2v) is 7.53. The Morgan fingerprint density at radius 1 is 1.12 bits per heavy atom. The molecule has 1 aliphatic carbocycles. The number of benzene rings is 1. The summed E-state index contributed by atoms with van der Waals surface area (Å²) in [5.74, 6) is 0.0706. The quantitative estimate of drug-likeness (QED) is 0.727. The molecule has 0 saturated heterocycles. The lowest BCUT2D eigenvalue weighted by Crippen LogP contribution is -2.37. The molecule has 1 aromatic carbocycles. The number of hydrogen-bond acceptors (Lipinski definition) is 2. The molecule has 0 unspecified atom stereocenters. The van der Waals surface area contributed by atoms with Crippen molar-refractivity contribution >= 4 is 27.5 Å². The van der Waals surface area contributed by atoms with Crippen LogP contribution < -0.4 is 5.32 Å². The molecule has 4 rings (SSSR count). The summed E-state index contributed by atoms with van der Waals surface area (Å²) >= 11 is 1.70. The van der Waals surface area contributed by atoms with Crippen molar-refractivity contribution in [1.29, 1.82) is 0 Å². The molecule has 0 bridgehead atoms. The molecule has 1 saturated carbocycles. The zero-order valence-electron chi connectivity index (χ0n) is 13.7. The van der Waals surface area contributed by atoms with Crippen LogP contribution in [-0.4, -0.2) is 16.5 Å². The third-order valence-electron chi connectivity index (χ3n) is 4.88. The van der Waals surface area contributed by atoms with Gasteiger partial charge in [-0.15, -0.1) is 11.3 Å². The van der Waals surface area contributed by atoms with E-state index in [1.807, 2.05) is 24.3 Å². The number of fused-ring (bicyclic) bond motifs is 1. The average Bonchev–Trinajstić information content (AvgIpc) is 3.19. The van der Waals surface area contributed by atoms with Gasteiger partial charge in [-0.1, -0.05) is 49.6 Å². The highest BCUT2D eigenvalue weighted by atomic mass is 32.1. The van der Waals surface area contributed by atoms with Crippen molar-refractivity contribution in [3.8, 4) is 0 Å². The van der Waals surface area contributed by atoms with Crippen LogP contribution in [-0.2, 0) is 6.54 Å². The van der Waals surface area contributed by atoms with Gasteiger partial charge in [0.05, 0.1) is 10.2 Å². The molecule has 1 aliphatic rings. The van der Waals surface area contributed by atoms with E-state index in [-0.39, 0.29) is 5.91 Å². The summed E-state index contributed by atoms with van der Waals surface area (Å²) in [6.45, 7) is 0.731. The number of aromatic nitrogens is 1. The van der Waals surface area contributed by atoms with E-state index >= 15 is 0 Å². The van der Waals surface area contributed by atoms with E-state index < -0.39 is 0 Å². The van der Waals surface area contributed by atoms with Crippen LogP contribution in [0.5, 0.6) is 0 Å². The minimum atomic E-state index is 0.0706. The van der Waals surface area contributed by atoms with E-state index in [1.165, 1.54) is 29.5 Å². The molecule has 24 heavy (non-hydrogen) atoms. The number of rotatable bonds is 4. The van der Waals surface area contributed by atoms with Gasteiger partial charge >= 0.3 is 0 Å². The molecule has 0 aliphatic heterocycles. The molecule has 1 N–H and O–H groups in total. The van der Waals surface area contributed by atoms with Gasteiger partial charge in [0, 0.05) is 12.6 Å². The normalized spacial score (nSPS) is 15.7. The summed E-state index contributed by atoms with van der Waals surface area (Å²) in [7, 11) is 0. The molecule has 4 heteroatoms. The van der Waals surface area contributed by atoms with Crippen molar-refractivity contribution in [2.75, 3.05) is 0 Å². The lowest BCUT2D eigenvalue weighted by molar-refractivity contribution is 0.0919. The Labute approximate surface area is 146 Å². The molecule has 1 fully saturated rings. The number of nitrogens with one attached hydrogen (secondary N) is 1. The highest BCUT2D eigenvalue weighted by molar-refractivity contribution is 7.17. The Kier molecular flexibility index (Phi) is 4.39. The van der Waals surface area contributed by atoms with E-state index in [1.54, 1.807) is 11.3 Å². The van der Waals surface area contributed by atoms with Crippen LogP contribution in [0.4, 0.5) is 0 Å². The average molecular weight is 338 g/mol. The number of carbonyl (C=O) groups is 1. The Balaban J connectivity index is 1.63. The molecule has 3 nitrogen and oxygen atoms in total. The smallest absolute Gasteiger partial charge is 0.268 e. The van der Waals surface area contributed by atoms with Crippen molar-refractivity contribution in [3.05, 3.63) is 59.1 Å². The molecule has 0 atom stereocenters. The Hall–Kier alpha value is -2.07. The predicted molar refractivity (Wildman–Crippen MR) is 99.7 cm³/mol. The van der Waals surface area contributed by atoms with Crippen LogP contribution in [0.1, 0.15) is 48.2 Å². The van der Waals surface area contributed by atoms with Gasteiger partial charge in [-0.25, -0.2) is 0 Å². The number of hydrogen-bond donors (Lipinski definition) is 1. The first-order valence-corrected chi connectivity index (χ1v) is 9.61. The summed E-state index contributed by atoms with van der Waals surface area (Å²) in [4.78, 5) is 12.9. The first-order valence-electron chi connectivity index (χ1n) is 8.73. The molecule has 3 aromatic rings. The van der Waals surface area contributed by atoms with Crippen LogP contribution >= 0.6 is 11.3 Å². The van der Waals surface area contributed by atoms with Gasteiger partial charge in [0.1, 0.15) is 5.69 Å². The van der Waals surface area contributed by atoms with Crippen molar-refractivity contribution < 1.29 is 4.79 Å². The lowest BCUT2D eigenvalue weighted by Gasteiger charge is -2.23. The minimum Gasteiger partial charge on any atom is -0.348 e.